The van der Waals surface area contributed by atoms with E-state index in [9.17, 15) is 4.79 Å². The number of carbonyl (C=O) groups is 1. The number of nitrogens with two attached hydrogens (primary N) is 1. The molecule has 2 saturated heterocycles. The highest BCUT2D eigenvalue weighted by Crippen LogP contribution is 2.07. The molecule has 0 aliphatic carbocycles. The summed E-state index contributed by atoms with van der Waals surface area (Å²) in [6, 6.07) is 0.141. The van der Waals surface area contributed by atoms with Gasteiger partial charge >= 0.3 is 0 Å². The Morgan fingerprint density at radius 2 is 1.80 bits per heavy atom. The van der Waals surface area contributed by atoms with Gasteiger partial charge in [0, 0.05) is 39.3 Å². The van der Waals surface area contributed by atoms with Gasteiger partial charge in [0.25, 0.3) is 0 Å². The number of thiocarbonyl (C=S) groups is 1. The van der Waals surface area contributed by atoms with Gasteiger partial charge in [0.1, 0.15) is 0 Å². The molecule has 0 spiro atoms. The molecule has 0 bridgehead atoms. The first-order valence-electron chi connectivity index (χ1n) is 7.19. The second-order valence-electron chi connectivity index (χ2n) is 5.38. The van der Waals surface area contributed by atoms with Crippen LogP contribution >= 0.6 is 12.2 Å². The molecule has 2 aliphatic heterocycles. The molecule has 2 heterocycles. The van der Waals surface area contributed by atoms with Gasteiger partial charge in [-0.15, -0.1) is 0 Å². The van der Waals surface area contributed by atoms with Crippen molar-refractivity contribution in [2.75, 3.05) is 59.0 Å². The number of morpholine rings is 1. The van der Waals surface area contributed by atoms with Crippen molar-refractivity contribution >= 4 is 23.1 Å². The highest BCUT2D eigenvalue weighted by Gasteiger charge is 2.25. The molecule has 2 N–H and O–H groups in total. The maximum atomic E-state index is 12.2. The van der Waals surface area contributed by atoms with E-state index in [2.05, 4.69) is 9.80 Å². The van der Waals surface area contributed by atoms with Gasteiger partial charge < -0.3 is 15.4 Å². The largest absolute Gasteiger partial charge is 0.392 e. The predicted octanol–water partition coefficient (Wildman–Crippen LogP) is -0.863. The number of piperazine rings is 1. The van der Waals surface area contributed by atoms with Crippen LogP contribution in [0, 0.1) is 0 Å². The first-order valence-corrected chi connectivity index (χ1v) is 7.60. The van der Waals surface area contributed by atoms with Gasteiger partial charge in [-0.2, -0.15) is 0 Å². The normalized spacial score (nSPS) is 23.6. The van der Waals surface area contributed by atoms with Crippen molar-refractivity contribution in [1.29, 1.82) is 0 Å². The van der Waals surface area contributed by atoms with Crippen LogP contribution in [0.1, 0.15) is 6.92 Å². The number of rotatable bonds is 4. The average molecular weight is 300 g/mol. The van der Waals surface area contributed by atoms with E-state index in [1.54, 1.807) is 0 Å². The fraction of sp³-hybridized carbons (Fsp3) is 0.846. The minimum absolute atomic E-state index is 0.141. The highest BCUT2D eigenvalue weighted by molar-refractivity contribution is 7.80. The van der Waals surface area contributed by atoms with Gasteiger partial charge in [-0.25, -0.2) is 0 Å². The molecule has 6 nitrogen and oxygen atoms in total. The SMILES string of the molecule is CC(C(N)=S)N1CCN(CC(=O)N2CCOCC2)CC1. The molecular weight excluding hydrogens is 276 g/mol. The molecule has 2 rings (SSSR count). The van der Waals surface area contributed by atoms with Crippen LogP contribution in [0.2, 0.25) is 0 Å². The second kappa shape index (κ2) is 7.31. The molecule has 2 fully saturated rings. The zero-order valence-electron chi connectivity index (χ0n) is 12.1. The van der Waals surface area contributed by atoms with Crippen molar-refractivity contribution in [1.82, 2.24) is 14.7 Å². The molecule has 1 atom stereocenters. The van der Waals surface area contributed by atoms with E-state index in [4.69, 9.17) is 22.7 Å². The van der Waals surface area contributed by atoms with Crippen LogP contribution in [0.25, 0.3) is 0 Å². The predicted molar refractivity (Wildman–Crippen MR) is 81.7 cm³/mol. The Morgan fingerprint density at radius 1 is 1.20 bits per heavy atom. The summed E-state index contributed by atoms with van der Waals surface area (Å²) in [4.78, 5) is 19.1. The average Bonchev–Trinajstić information content (AvgIpc) is 2.48. The fourth-order valence-electron chi connectivity index (χ4n) is 2.59. The highest BCUT2D eigenvalue weighted by atomic mass is 32.1. The van der Waals surface area contributed by atoms with E-state index < -0.39 is 0 Å². The maximum Gasteiger partial charge on any atom is 0.236 e. The van der Waals surface area contributed by atoms with Crippen molar-refractivity contribution < 1.29 is 9.53 Å². The number of hydrogen-bond acceptors (Lipinski definition) is 5. The fourth-order valence-corrected chi connectivity index (χ4v) is 2.74. The van der Waals surface area contributed by atoms with Crippen molar-refractivity contribution in [2.24, 2.45) is 5.73 Å². The Morgan fingerprint density at radius 3 is 2.35 bits per heavy atom. The van der Waals surface area contributed by atoms with Crippen molar-refractivity contribution in [3.63, 3.8) is 0 Å². The first-order chi connectivity index (χ1) is 9.58. The third kappa shape index (κ3) is 4.12. The van der Waals surface area contributed by atoms with E-state index in [1.165, 1.54) is 0 Å². The Bertz CT molecular complexity index is 352. The lowest BCUT2D eigenvalue weighted by atomic mass is 10.2. The van der Waals surface area contributed by atoms with Gasteiger partial charge in [-0.1, -0.05) is 12.2 Å². The maximum absolute atomic E-state index is 12.2. The molecule has 114 valence electrons. The van der Waals surface area contributed by atoms with E-state index in [-0.39, 0.29) is 11.9 Å². The Balaban J connectivity index is 1.73. The standard InChI is InChI=1S/C13H24N4O2S/c1-11(13(14)20)16-4-2-15(3-5-16)10-12(18)17-6-8-19-9-7-17/h11H,2-10H2,1H3,(H2,14,20). The van der Waals surface area contributed by atoms with Crippen molar-refractivity contribution in [3.05, 3.63) is 0 Å². The van der Waals surface area contributed by atoms with Crippen LogP contribution in [-0.4, -0.2) is 90.7 Å². The lowest BCUT2D eigenvalue weighted by Crippen LogP contribution is -2.55. The summed E-state index contributed by atoms with van der Waals surface area (Å²) in [5.41, 5.74) is 5.68. The molecule has 20 heavy (non-hydrogen) atoms. The summed E-state index contributed by atoms with van der Waals surface area (Å²) in [5, 5.41) is 0. The van der Waals surface area contributed by atoms with E-state index >= 15 is 0 Å². The minimum Gasteiger partial charge on any atom is -0.392 e. The van der Waals surface area contributed by atoms with Crippen LogP contribution in [0.5, 0.6) is 0 Å². The summed E-state index contributed by atoms with van der Waals surface area (Å²) < 4.78 is 5.26. The lowest BCUT2D eigenvalue weighted by Gasteiger charge is -2.38. The molecular formula is C13H24N4O2S. The Hall–Kier alpha value is -0.760. The van der Waals surface area contributed by atoms with E-state index in [1.807, 2.05) is 11.8 Å². The van der Waals surface area contributed by atoms with Crippen LogP contribution < -0.4 is 5.73 Å². The molecule has 0 aromatic heterocycles. The van der Waals surface area contributed by atoms with Crippen LogP contribution in [0.15, 0.2) is 0 Å². The number of carbonyl (C=O) groups excluding carboxylic acids is 1. The first kappa shape index (κ1) is 15.6. The van der Waals surface area contributed by atoms with E-state index in [0.29, 0.717) is 24.7 Å². The number of nitrogens with zero attached hydrogens (tertiary/aromatic N) is 3. The topological polar surface area (TPSA) is 62.0 Å². The second-order valence-corrected chi connectivity index (χ2v) is 5.86. The molecule has 7 heteroatoms. The zero-order chi connectivity index (χ0) is 14.5. The summed E-state index contributed by atoms with van der Waals surface area (Å²) in [6.07, 6.45) is 0. The van der Waals surface area contributed by atoms with Gasteiger partial charge in [-0.3, -0.25) is 14.6 Å². The third-order valence-electron chi connectivity index (χ3n) is 4.09. The molecule has 0 radical (unpaired) electrons. The Labute approximate surface area is 125 Å². The summed E-state index contributed by atoms with van der Waals surface area (Å²) in [7, 11) is 0. The van der Waals surface area contributed by atoms with Crippen LogP contribution in [0.4, 0.5) is 0 Å². The van der Waals surface area contributed by atoms with Gasteiger partial charge in [0.15, 0.2) is 0 Å². The minimum atomic E-state index is 0.141. The number of ether oxygens (including phenoxy) is 1. The monoisotopic (exact) mass is 300 g/mol. The zero-order valence-corrected chi connectivity index (χ0v) is 12.9. The molecule has 0 aromatic rings. The molecule has 1 amide bonds. The molecule has 2 aliphatic rings. The van der Waals surface area contributed by atoms with E-state index in [0.717, 1.165) is 39.3 Å². The summed E-state index contributed by atoms with van der Waals surface area (Å²) in [5.74, 6) is 0.212. The Kier molecular flexibility index (Phi) is 5.71. The third-order valence-corrected chi connectivity index (χ3v) is 4.43. The van der Waals surface area contributed by atoms with Crippen molar-refractivity contribution in [2.45, 2.75) is 13.0 Å². The van der Waals surface area contributed by atoms with Crippen LogP contribution in [0.3, 0.4) is 0 Å². The molecule has 1 unspecified atom stereocenters. The van der Waals surface area contributed by atoms with Gasteiger partial charge in [0.2, 0.25) is 5.91 Å². The quantitative estimate of drug-likeness (QED) is 0.682. The number of hydrogen-bond donors (Lipinski definition) is 1. The molecule has 0 aromatic carbocycles. The van der Waals surface area contributed by atoms with Crippen LogP contribution in [-0.2, 0) is 9.53 Å². The summed E-state index contributed by atoms with van der Waals surface area (Å²) in [6.45, 7) is 8.91. The van der Waals surface area contributed by atoms with Crippen molar-refractivity contribution in [3.8, 4) is 0 Å². The smallest absolute Gasteiger partial charge is 0.236 e. The molecule has 0 saturated carbocycles. The lowest BCUT2D eigenvalue weighted by molar-refractivity contribution is -0.136. The van der Waals surface area contributed by atoms with Gasteiger partial charge in [0.05, 0.1) is 30.8 Å². The number of amides is 1. The summed E-state index contributed by atoms with van der Waals surface area (Å²) >= 11 is 5.03. The van der Waals surface area contributed by atoms with Gasteiger partial charge in [-0.05, 0) is 6.92 Å².